The zero-order chi connectivity index (χ0) is 24.6. The first kappa shape index (κ1) is 21.9. The van der Waals surface area contributed by atoms with Gasteiger partial charge in [0.25, 0.3) is 0 Å². The highest BCUT2D eigenvalue weighted by Gasteiger charge is 2.28. The van der Waals surface area contributed by atoms with E-state index in [9.17, 15) is 0 Å². The second-order valence-corrected chi connectivity index (χ2v) is 9.82. The lowest BCUT2D eigenvalue weighted by atomic mass is 9.98. The van der Waals surface area contributed by atoms with Crippen LogP contribution in [-0.2, 0) is 6.42 Å². The van der Waals surface area contributed by atoms with Crippen molar-refractivity contribution in [1.29, 1.82) is 0 Å². The third kappa shape index (κ3) is 3.98. The minimum Gasteiger partial charge on any atom is -0.352 e. The molecule has 0 saturated carbocycles. The summed E-state index contributed by atoms with van der Waals surface area (Å²) in [5.41, 5.74) is 10.1. The summed E-state index contributed by atoms with van der Waals surface area (Å²) < 4.78 is 2.48. The van der Waals surface area contributed by atoms with Gasteiger partial charge in [-0.25, -0.2) is 0 Å². The Morgan fingerprint density at radius 3 is 2.30 bits per heavy atom. The quantitative estimate of drug-likeness (QED) is 0.277. The molecule has 2 aliphatic rings. The lowest BCUT2D eigenvalue weighted by Crippen LogP contribution is -2.43. The van der Waals surface area contributed by atoms with Gasteiger partial charge >= 0.3 is 0 Å². The van der Waals surface area contributed by atoms with Crippen LogP contribution >= 0.6 is 0 Å². The van der Waals surface area contributed by atoms with E-state index in [0.717, 1.165) is 18.5 Å². The Hall–Kier alpha value is -4.34. The SMILES string of the molecule is C1=Cc2c(n(C3NC(c4cccc(-c5ccccc5)c4)=CC(c4ccccc4)N3)c3ccccc23)CC1. The van der Waals surface area contributed by atoms with Crippen LogP contribution in [0.5, 0.6) is 0 Å². The number of fused-ring (bicyclic) bond motifs is 3. The van der Waals surface area contributed by atoms with Gasteiger partial charge in [-0.15, -0.1) is 0 Å². The average molecular weight is 480 g/mol. The van der Waals surface area contributed by atoms with Gasteiger partial charge in [0.1, 0.15) is 0 Å². The molecule has 7 rings (SSSR count). The van der Waals surface area contributed by atoms with Crippen molar-refractivity contribution in [2.45, 2.75) is 25.2 Å². The predicted octanol–water partition coefficient (Wildman–Crippen LogP) is 7.70. The molecule has 180 valence electrons. The molecule has 2 unspecified atom stereocenters. The largest absolute Gasteiger partial charge is 0.352 e. The van der Waals surface area contributed by atoms with Gasteiger partial charge in [0, 0.05) is 22.3 Å². The Morgan fingerprint density at radius 1 is 0.703 bits per heavy atom. The summed E-state index contributed by atoms with van der Waals surface area (Å²) in [6.45, 7) is 0. The van der Waals surface area contributed by atoms with E-state index in [4.69, 9.17) is 0 Å². The van der Waals surface area contributed by atoms with Gasteiger partial charge in [-0.2, -0.15) is 0 Å². The van der Waals surface area contributed by atoms with E-state index in [1.54, 1.807) is 0 Å². The molecule has 0 bridgehead atoms. The average Bonchev–Trinajstić information content (AvgIpc) is 3.32. The lowest BCUT2D eigenvalue weighted by Gasteiger charge is -2.35. The van der Waals surface area contributed by atoms with Gasteiger partial charge in [-0.05, 0) is 53.3 Å². The molecular weight excluding hydrogens is 450 g/mol. The number of para-hydroxylation sites is 1. The summed E-state index contributed by atoms with van der Waals surface area (Å²) in [6, 6.07) is 39.1. The monoisotopic (exact) mass is 479 g/mol. The number of hydrogen-bond acceptors (Lipinski definition) is 2. The number of nitrogens with one attached hydrogen (secondary N) is 2. The smallest absolute Gasteiger partial charge is 0.160 e. The van der Waals surface area contributed by atoms with Crippen LogP contribution in [0, 0.1) is 0 Å². The van der Waals surface area contributed by atoms with Crippen LogP contribution in [0.25, 0.3) is 33.8 Å². The molecule has 2 N–H and O–H groups in total. The minimum absolute atomic E-state index is 0.0780. The first-order chi connectivity index (χ1) is 18.3. The Bertz CT molecular complexity index is 1630. The van der Waals surface area contributed by atoms with Crippen molar-refractivity contribution in [2.24, 2.45) is 0 Å². The zero-order valence-electron chi connectivity index (χ0n) is 20.6. The van der Waals surface area contributed by atoms with Crippen molar-refractivity contribution < 1.29 is 0 Å². The van der Waals surface area contributed by atoms with Gasteiger partial charge in [0.15, 0.2) is 6.29 Å². The number of nitrogens with zero attached hydrogens (tertiary/aromatic N) is 1. The van der Waals surface area contributed by atoms with E-state index in [-0.39, 0.29) is 12.3 Å². The number of rotatable bonds is 4. The van der Waals surface area contributed by atoms with E-state index < -0.39 is 0 Å². The molecule has 0 saturated heterocycles. The summed E-state index contributed by atoms with van der Waals surface area (Å²) in [4.78, 5) is 0. The highest BCUT2D eigenvalue weighted by molar-refractivity contribution is 5.92. The van der Waals surface area contributed by atoms with Crippen LogP contribution in [0.2, 0.25) is 0 Å². The number of allylic oxidation sites excluding steroid dienone is 1. The van der Waals surface area contributed by atoms with Crippen molar-refractivity contribution in [2.75, 3.05) is 0 Å². The maximum Gasteiger partial charge on any atom is 0.160 e. The molecule has 3 heteroatoms. The van der Waals surface area contributed by atoms with Crippen LogP contribution in [0.4, 0.5) is 0 Å². The van der Waals surface area contributed by atoms with Gasteiger partial charge in [-0.3, -0.25) is 5.32 Å². The Balaban J connectivity index is 1.36. The second-order valence-electron chi connectivity index (χ2n) is 9.82. The summed E-state index contributed by atoms with van der Waals surface area (Å²) in [5.74, 6) is 0. The Morgan fingerprint density at radius 2 is 1.43 bits per heavy atom. The van der Waals surface area contributed by atoms with E-state index >= 15 is 0 Å². The molecule has 1 aromatic heterocycles. The fraction of sp³-hybridized carbons (Fsp3) is 0.118. The molecule has 5 aromatic rings. The Labute approximate surface area is 217 Å². The van der Waals surface area contributed by atoms with Crippen LogP contribution < -0.4 is 10.6 Å². The topological polar surface area (TPSA) is 29.0 Å². The van der Waals surface area contributed by atoms with E-state index in [1.807, 2.05) is 0 Å². The fourth-order valence-electron chi connectivity index (χ4n) is 5.79. The molecule has 3 nitrogen and oxygen atoms in total. The first-order valence-corrected chi connectivity index (χ1v) is 13.1. The standard InChI is InChI=1S/C34H29N3/c1-3-12-24(13-4-1)26-16-11-17-27(22-26)31-23-30(25-14-5-2-6-15-25)35-34(36-31)37-32-20-9-7-18-28(32)29-19-8-10-21-33(29)37/h1-9,11-20,22-23,30,34-36H,10,21H2. The van der Waals surface area contributed by atoms with Crippen molar-refractivity contribution in [3.8, 4) is 11.1 Å². The summed E-state index contributed by atoms with van der Waals surface area (Å²) in [7, 11) is 0. The molecule has 4 aromatic carbocycles. The molecule has 0 radical (unpaired) electrons. The van der Waals surface area contributed by atoms with Gasteiger partial charge in [0.2, 0.25) is 0 Å². The highest BCUT2D eigenvalue weighted by Crippen LogP contribution is 2.36. The molecule has 0 fully saturated rings. The summed E-state index contributed by atoms with van der Waals surface area (Å²) in [5, 5.41) is 9.11. The van der Waals surface area contributed by atoms with E-state index in [0.29, 0.717) is 0 Å². The van der Waals surface area contributed by atoms with E-state index in [1.165, 1.54) is 44.4 Å². The van der Waals surface area contributed by atoms with Crippen molar-refractivity contribution in [1.82, 2.24) is 15.2 Å². The normalized spacial score (nSPS) is 18.8. The number of aromatic nitrogens is 1. The molecular formula is C34H29N3. The van der Waals surface area contributed by atoms with Crippen LogP contribution in [0.3, 0.4) is 0 Å². The molecule has 0 spiro atoms. The van der Waals surface area contributed by atoms with Crippen LogP contribution in [0.15, 0.2) is 121 Å². The van der Waals surface area contributed by atoms with Crippen molar-refractivity contribution in [3.05, 3.63) is 144 Å². The second kappa shape index (κ2) is 9.27. The predicted molar refractivity (Wildman–Crippen MR) is 154 cm³/mol. The fourth-order valence-corrected chi connectivity index (χ4v) is 5.79. The summed E-state index contributed by atoms with van der Waals surface area (Å²) in [6.07, 6.45) is 8.96. The third-order valence-corrected chi connectivity index (χ3v) is 7.55. The molecule has 0 amide bonds. The number of benzene rings is 4. The lowest BCUT2D eigenvalue weighted by molar-refractivity contribution is 0.336. The van der Waals surface area contributed by atoms with Crippen LogP contribution in [-0.4, -0.2) is 4.57 Å². The molecule has 1 aliphatic carbocycles. The van der Waals surface area contributed by atoms with Gasteiger partial charge < -0.3 is 9.88 Å². The van der Waals surface area contributed by atoms with Crippen molar-refractivity contribution in [3.63, 3.8) is 0 Å². The molecule has 37 heavy (non-hydrogen) atoms. The molecule has 1 aliphatic heterocycles. The van der Waals surface area contributed by atoms with Gasteiger partial charge in [0.05, 0.1) is 11.6 Å². The maximum atomic E-state index is 3.91. The first-order valence-electron chi connectivity index (χ1n) is 13.1. The molecule has 2 atom stereocenters. The maximum absolute atomic E-state index is 3.91. The van der Waals surface area contributed by atoms with Crippen LogP contribution in [0.1, 0.15) is 41.1 Å². The molecule has 2 heterocycles. The highest BCUT2D eigenvalue weighted by atomic mass is 15.3. The van der Waals surface area contributed by atoms with Crippen molar-refractivity contribution >= 4 is 22.7 Å². The van der Waals surface area contributed by atoms with E-state index in [2.05, 4.69) is 143 Å². The summed E-state index contributed by atoms with van der Waals surface area (Å²) >= 11 is 0. The van der Waals surface area contributed by atoms with Gasteiger partial charge in [-0.1, -0.05) is 109 Å². The number of hydrogen-bond donors (Lipinski definition) is 2. The Kier molecular flexibility index (Phi) is 5.49. The zero-order valence-corrected chi connectivity index (χ0v) is 20.6. The minimum atomic E-state index is -0.0780. The third-order valence-electron chi connectivity index (χ3n) is 7.55.